The molecule has 0 aliphatic carbocycles. The van der Waals surface area contributed by atoms with E-state index in [2.05, 4.69) is 15.5 Å². The van der Waals surface area contributed by atoms with Crippen LogP contribution in [0.15, 0.2) is 83.1 Å². The van der Waals surface area contributed by atoms with Crippen LogP contribution in [0.1, 0.15) is 11.1 Å². The summed E-state index contributed by atoms with van der Waals surface area (Å²) in [6.45, 7) is -0.488. The Labute approximate surface area is 190 Å². The van der Waals surface area contributed by atoms with Crippen LogP contribution in [0.4, 0.5) is 0 Å². The van der Waals surface area contributed by atoms with E-state index < -0.39 is 22.5 Å². The molecule has 2 aromatic carbocycles. The second-order valence-corrected chi connectivity index (χ2v) is 9.24. The van der Waals surface area contributed by atoms with Gasteiger partial charge in [-0.15, -0.1) is 0 Å². The maximum Gasteiger partial charge on any atom is 0.255 e. The lowest BCUT2D eigenvalue weighted by Crippen LogP contribution is -2.39. The topological polar surface area (TPSA) is 91.7 Å². The Morgan fingerprint density at radius 3 is 2.42 bits per heavy atom. The number of carbonyl (C=O) groups is 1. The van der Waals surface area contributed by atoms with Gasteiger partial charge in [-0.2, -0.15) is 9.41 Å². The number of amides is 1. The first-order chi connectivity index (χ1) is 14.8. The van der Waals surface area contributed by atoms with Gasteiger partial charge in [-0.05, 0) is 59.7 Å². The van der Waals surface area contributed by atoms with E-state index >= 15 is 0 Å². The molecule has 3 aromatic rings. The zero-order chi connectivity index (χ0) is 22.3. The third-order valence-corrected chi connectivity index (χ3v) is 6.42. The highest BCUT2D eigenvalue weighted by Gasteiger charge is 2.27. The summed E-state index contributed by atoms with van der Waals surface area (Å²) in [5.41, 5.74) is 3.72. The van der Waals surface area contributed by atoms with Crippen LogP contribution in [0, 0.1) is 0 Å². The number of hydrazone groups is 1. The molecule has 160 valence electrons. The zero-order valence-electron chi connectivity index (χ0n) is 16.2. The standard InChI is InChI=1S/C21H18Cl2N4O3S/c22-18-4-6-20(7-5-18)31(29,30)27(14-17-2-1-3-19(23)12-17)15-21(28)26-25-13-16-8-10-24-11-9-16/h1-13H,14-15H2,(H,26,28)/b25-13-. The fraction of sp³-hybridized carbons (Fsp3) is 0.0952. The second kappa shape index (κ2) is 10.5. The number of halogens is 2. The highest BCUT2D eigenvalue weighted by atomic mass is 35.5. The number of nitrogens with zero attached hydrogens (tertiary/aromatic N) is 3. The molecule has 1 amide bonds. The predicted octanol–water partition coefficient (Wildman–Crippen LogP) is 3.73. The van der Waals surface area contributed by atoms with Crippen molar-refractivity contribution in [2.75, 3.05) is 6.54 Å². The van der Waals surface area contributed by atoms with Gasteiger partial charge in [0.05, 0.1) is 17.7 Å². The van der Waals surface area contributed by atoms with Crippen molar-refractivity contribution < 1.29 is 13.2 Å². The van der Waals surface area contributed by atoms with E-state index in [0.29, 0.717) is 15.6 Å². The molecule has 0 bridgehead atoms. The van der Waals surface area contributed by atoms with E-state index in [0.717, 1.165) is 9.87 Å². The molecular weight excluding hydrogens is 459 g/mol. The average Bonchev–Trinajstić information content (AvgIpc) is 2.74. The lowest BCUT2D eigenvalue weighted by atomic mass is 10.2. The van der Waals surface area contributed by atoms with Crippen molar-refractivity contribution in [1.82, 2.24) is 14.7 Å². The summed E-state index contributed by atoms with van der Waals surface area (Å²) >= 11 is 11.9. The first-order valence-corrected chi connectivity index (χ1v) is 11.3. The minimum Gasteiger partial charge on any atom is -0.272 e. The van der Waals surface area contributed by atoms with Gasteiger partial charge in [0.2, 0.25) is 10.0 Å². The Balaban J connectivity index is 1.80. The van der Waals surface area contributed by atoms with Crippen LogP contribution in [-0.4, -0.2) is 36.4 Å². The van der Waals surface area contributed by atoms with Crippen LogP contribution >= 0.6 is 23.2 Å². The van der Waals surface area contributed by atoms with Gasteiger partial charge in [-0.3, -0.25) is 9.78 Å². The largest absolute Gasteiger partial charge is 0.272 e. The molecule has 0 fully saturated rings. The number of hydrogen-bond donors (Lipinski definition) is 1. The van der Waals surface area contributed by atoms with Gasteiger partial charge in [0.1, 0.15) is 0 Å². The van der Waals surface area contributed by atoms with Gasteiger partial charge >= 0.3 is 0 Å². The number of pyridine rings is 1. The molecule has 1 heterocycles. The Morgan fingerprint density at radius 1 is 1.03 bits per heavy atom. The van der Waals surface area contributed by atoms with E-state index in [4.69, 9.17) is 23.2 Å². The van der Waals surface area contributed by atoms with E-state index in [-0.39, 0.29) is 11.4 Å². The minimum atomic E-state index is -3.99. The molecule has 0 saturated heterocycles. The summed E-state index contributed by atoms with van der Waals surface area (Å²) in [7, 11) is -3.99. The molecule has 0 saturated carbocycles. The molecule has 0 atom stereocenters. The Kier molecular flexibility index (Phi) is 7.75. The summed E-state index contributed by atoms with van der Waals surface area (Å²) in [6, 6.07) is 15.9. The fourth-order valence-corrected chi connectivity index (χ4v) is 4.37. The SMILES string of the molecule is O=C(CN(Cc1cccc(Cl)c1)S(=O)(=O)c1ccc(Cl)cc1)N/N=C\c1ccncc1. The predicted molar refractivity (Wildman–Crippen MR) is 120 cm³/mol. The van der Waals surface area contributed by atoms with Crippen molar-refractivity contribution in [3.05, 3.63) is 94.2 Å². The van der Waals surface area contributed by atoms with Crippen LogP contribution in [-0.2, 0) is 21.4 Å². The number of aromatic nitrogens is 1. The van der Waals surface area contributed by atoms with Gasteiger partial charge in [0.25, 0.3) is 5.91 Å². The minimum absolute atomic E-state index is 0.0204. The summed E-state index contributed by atoms with van der Waals surface area (Å²) < 4.78 is 27.4. The smallest absolute Gasteiger partial charge is 0.255 e. The zero-order valence-corrected chi connectivity index (χ0v) is 18.5. The third kappa shape index (κ3) is 6.60. The quantitative estimate of drug-likeness (QED) is 0.396. The maximum absolute atomic E-state index is 13.2. The Bertz CT molecular complexity index is 1170. The number of hydrogen-bond acceptors (Lipinski definition) is 5. The Morgan fingerprint density at radius 2 is 1.74 bits per heavy atom. The summed E-state index contributed by atoms with van der Waals surface area (Å²) in [5.74, 6) is -0.593. The summed E-state index contributed by atoms with van der Waals surface area (Å²) in [6.07, 6.45) is 4.62. The molecule has 0 radical (unpaired) electrons. The van der Waals surface area contributed by atoms with Crippen LogP contribution in [0.3, 0.4) is 0 Å². The molecule has 31 heavy (non-hydrogen) atoms. The van der Waals surface area contributed by atoms with Crippen molar-refractivity contribution >= 4 is 45.3 Å². The van der Waals surface area contributed by atoms with E-state index in [1.807, 2.05) is 0 Å². The lowest BCUT2D eigenvalue weighted by molar-refractivity contribution is -0.121. The molecule has 10 heteroatoms. The summed E-state index contributed by atoms with van der Waals surface area (Å²) in [5, 5.41) is 4.74. The average molecular weight is 477 g/mol. The van der Waals surface area contributed by atoms with Gasteiger partial charge in [0.15, 0.2) is 0 Å². The van der Waals surface area contributed by atoms with Crippen LogP contribution in [0.5, 0.6) is 0 Å². The van der Waals surface area contributed by atoms with E-state index in [9.17, 15) is 13.2 Å². The molecule has 0 unspecified atom stereocenters. The number of benzene rings is 2. The van der Waals surface area contributed by atoms with Gasteiger partial charge in [-0.1, -0.05) is 35.3 Å². The van der Waals surface area contributed by atoms with Crippen molar-refractivity contribution in [1.29, 1.82) is 0 Å². The van der Waals surface area contributed by atoms with Crippen molar-refractivity contribution in [2.45, 2.75) is 11.4 Å². The molecule has 0 spiro atoms. The molecule has 7 nitrogen and oxygen atoms in total. The van der Waals surface area contributed by atoms with Crippen molar-refractivity contribution in [2.24, 2.45) is 5.10 Å². The molecule has 1 aromatic heterocycles. The van der Waals surface area contributed by atoms with E-state index in [1.54, 1.807) is 48.8 Å². The first kappa shape index (κ1) is 22.9. The number of nitrogens with one attached hydrogen (secondary N) is 1. The van der Waals surface area contributed by atoms with E-state index in [1.165, 1.54) is 30.5 Å². The van der Waals surface area contributed by atoms with Gasteiger partial charge < -0.3 is 0 Å². The number of sulfonamides is 1. The molecular formula is C21H18Cl2N4O3S. The second-order valence-electron chi connectivity index (χ2n) is 6.43. The fourth-order valence-electron chi connectivity index (χ4n) is 2.64. The maximum atomic E-state index is 13.2. The molecule has 0 aliphatic rings. The van der Waals surface area contributed by atoms with Gasteiger partial charge in [0, 0.05) is 29.0 Å². The molecule has 0 aliphatic heterocycles. The highest BCUT2D eigenvalue weighted by Crippen LogP contribution is 2.21. The van der Waals surface area contributed by atoms with Gasteiger partial charge in [-0.25, -0.2) is 13.8 Å². The van der Waals surface area contributed by atoms with Crippen molar-refractivity contribution in [3.8, 4) is 0 Å². The first-order valence-electron chi connectivity index (χ1n) is 9.07. The number of rotatable bonds is 8. The lowest BCUT2D eigenvalue weighted by Gasteiger charge is -2.21. The van der Waals surface area contributed by atoms with Crippen LogP contribution in [0.25, 0.3) is 0 Å². The van der Waals surface area contributed by atoms with Crippen LogP contribution < -0.4 is 5.43 Å². The highest BCUT2D eigenvalue weighted by molar-refractivity contribution is 7.89. The normalized spacial score (nSPS) is 11.7. The molecule has 1 N–H and O–H groups in total. The van der Waals surface area contributed by atoms with Crippen molar-refractivity contribution in [3.63, 3.8) is 0 Å². The monoisotopic (exact) mass is 476 g/mol. The summed E-state index contributed by atoms with van der Waals surface area (Å²) in [4.78, 5) is 16.4. The number of carbonyl (C=O) groups excluding carboxylic acids is 1. The van der Waals surface area contributed by atoms with Crippen LogP contribution in [0.2, 0.25) is 10.0 Å². The molecule has 3 rings (SSSR count). The Hall–Kier alpha value is -2.78. The third-order valence-electron chi connectivity index (χ3n) is 4.13.